The predicted octanol–water partition coefficient (Wildman–Crippen LogP) is 3.88. The van der Waals surface area contributed by atoms with Crippen molar-refractivity contribution in [1.82, 2.24) is 0 Å². The van der Waals surface area contributed by atoms with E-state index in [-0.39, 0.29) is 5.75 Å². The van der Waals surface area contributed by atoms with E-state index in [0.717, 1.165) is 0 Å². The molecule has 2 rings (SSSR count). The average molecular weight is 346 g/mol. The first-order valence-electron chi connectivity index (χ1n) is 5.84. The molecule has 0 fully saturated rings. The lowest BCUT2D eigenvalue weighted by Crippen LogP contribution is -2.19. The minimum Gasteiger partial charge on any atom is -0.324 e. The van der Waals surface area contributed by atoms with E-state index in [1.165, 1.54) is 30.3 Å². The smallest absolute Gasteiger partial charge is 0.237 e. The summed E-state index contributed by atoms with van der Waals surface area (Å²) in [5.41, 5.74) is 0.391. The molecule has 3 nitrogen and oxygen atoms in total. The third-order valence-corrected chi connectivity index (χ3v) is 4.41. The molecular weight excluding hydrogens is 336 g/mol. The Labute approximate surface area is 133 Å². The molecule has 2 aromatic carbocycles. The molecule has 0 aliphatic heterocycles. The molecule has 0 aliphatic carbocycles. The van der Waals surface area contributed by atoms with Crippen LogP contribution in [0.25, 0.3) is 0 Å². The van der Waals surface area contributed by atoms with Crippen LogP contribution < -0.4 is 5.32 Å². The third kappa shape index (κ3) is 4.52. The highest BCUT2D eigenvalue weighted by Gasteiger charge is 2.12. The minimum atomic E-state index is -1.55. The van der Waals surface area contributed by atoms with E-state index in [1.54, 1.807) is 12.1 Å². The number of amides is 1. The Kier molecular flexibility index (Phi) is 5.33. The van der Waals surface area contributed by atoms with Gasteiger partial charge in [-0.3, -0.25) is 9.00 Å². The summed E-state index contributed by atoms with van der Waals surface area (Å²) < 4.78 is 24.7. The number of benzene rings is 2. The number of carbonyl (C=O) groups is 1. The lowest BCUT2D eigenvalue weighted by atomic mass is 10.3. The summed E-state index contributed by atoms with van der Waals surface area (Å²) in [5, 5.41) is 3.30. The van der Waals surface area contributed by atoms with Gasteiger partial charge in [0, 0.05) is 9.92 Å². The summed E-state index contributed by atoms with van der Waals surface area (Å²) in [4.78, 5) is 12.2. The Balaban J connectivity index is 2.01. The van der Waals surface area contributed by atoms with E-state index in [4.69, 9.17) is 23.2 Å². The van der Waals surface area contributed by atoms with Gasteiger partial charge in [-0.1, -0.05) is 23.2 Å². The molecule has 110 valence electrons. The fraction of sp³-hybridized carbons (Fsp3) is 0.0714. The third-order valence-electron chi connectivity index (χ3n) is 2.54. The van der Waals surface area contributed by atoms with Crippen LogP contribution in [0.4, 0.5) is 10.1 Å². The predicted molar refractivity (Wildman–Crippen MR) is 82.8 cm³/mol. The van der Waals surface area contributed by atoms with E-state index in [0.29, 0.717) is 20.6 Å². The number of hydrogen-bond acceptors (Lipinski definition) is 2. The molecule has 21 heavy (non-hydrogen) atoms. The van der Waals surface area contributed by atoms with Crippen LogP contribution >= 0.6 is 23.2 Å². The summed E-state index contributed by atoms with van der Waals surface area (Å²) in [6.07, 6.45) is 0. The molecule has 0 saturated heterocycles. The Morgan fingerprint density at radius 2 is 1.81 bits per heavy atom. The van der Waals surface area contributed by atoms with Gasteiger partial charge < -0.3 is 5.32 Å². The van der Waals surface area contributed by atoms with Gasteiger partial charge in [0.25, 0.3) is 0 Å². The van der Waals surface area contributed by atoms with Gasteiger partial charge in [-0.2, -0.15) is 0 Å². The number of nitrogens with one attached hydrogen (secondary N) is 1. The van der Waals surface area contributed by atoms with Crippen molar-refractivity contribution in [2.75, 3.05) is 11.1 Å². The molecule has 2 aromatic rings. The molecule has 7 heteroatoms. The van der Waals surface area contributed by atoms with Crippen LogP contribution in [0.3, 0.4) is 0 Å². The monoisotopic (exact) mass is 345 g/mol. The van der Waals surface area contributed by atoms with Crippen LogP contribution in [0.2, 0.25) is 10.0 Å². The SMILES string of the molecule is O=C(CS(=O)c1ccc(F)cc1)Nc1ccc(Cl)cc1Cl. The zero-order valence-corrected chi connectivity index (χ0v) is 12.9. The van der Waals surface area contributed by atoms with Crippen LogP contribution in [-0.4, -0.2) is 15.9 Å². The lowest BCUT2D eigenvalue weighted by Gasteiger charge is -2.07. The fourth-order valence-electron chi connectivity index (χ4n) is 1.57. The molecule has 1 unspecified atom stereocenters. The van der Waals surface area contributed by atoms with Crippen molar-refractivity contribution in [3.8, 4) is 0 Å². The molecule has 1 atom stereocenters. The Morgan fingerprint density at radius 3 is 2.43 bits per heavy atom. The lowest BCUT2D eigenvalue weighted by molar-refractivity contribution is -0.113. The Hall–Kier alpha value is -1.43. The van der Waals surface area contributed by atoms with E-state index in [9.17, 15) is 13.4 Å². The van der Waals surface area contributed by atoms with Gasteiger partial charge in [0.1, 0.15) is 11.6 Å². The molecule has 0 radical (unpaired) electrons. The summed E-state index contributed by atoms with van der Waals surface area (Å²) in [7, 11) is -1.55. The Bertz CT molecular complexity index is 692. The highest BCUT2D eigenvalue weighted by Crippen LogP contribution is 2.25. The molecule has 0 bridgehead atoms. The molecule has 1 N–H and O–H groups in total. The fourth-order valence-corrected chi connectivity index (χ4v) is 2.94. The maximum absolute atomic E-state index is 12.8. The topological polar surface area (TPSA) is 46.2 Å². The second kappa shape index (κ2) is 7.02. The zero-order valence-electron chi connectivity index (χ0n) is 10.6. The first-order valence-corrected chi connectivity index (χ1v) is 7.92. The van der Waals surface area contributed by atoms with Gasteiger partial charge in [-0.25, -0.2) is 4.39 Å². The van der Waals surface area contributed by atoms with Crippen molar-refractivity contribution >= 4 is 45.6 Å². The van der Waals surface area contributed by atoms with Gasteiger partial charge in [-0.15, -0.1) is 0 Å². The average Bonchev–Trinajstić information content (AvgIpc) is 2.42. The van der Waals surface area contributed by atoms with Crippen molar-refractivity contribution in [3.05, 3.63) is 58.3 Å². The van der Waals surface area contributed by atoms with Gasteiger partial charge in [-0.05, 0) is 42.5 Å². The van der Waals surface area contributed by atoms with Crippen molar-refractivity contribution in [2.45, 2.75) is 4.90 Å². The van der Waals surface area contributed by atoms with Gasteiger partial charge in [0.05, 0.1) is 21.5 Å². The number of anilines is 1. The van der Waals surface area contributed by atoms with Crippen LogP contribution in [0.5, 0.6) is 0 Å². The molecular formula is C14H10Cl2FNO2S. The maximum atomic E-state index is 12.8. The number of halogens is 3. The summed E-state index contributed by atoms with van der Waals surface area (Å²) in [5.74, 6) is -1.13. The van der Waals surface area contributed by atoms with E-state index in [1.807, 2.05) is 0 Å². The normalized spacial score (nSPS) is 12.0. The molecule has 0 heterocycles. The van der Waals surface area contributed by atoms with E-state index < -0.39 is 22.5 Å². The Morgan fingerprint density at radius 1 is 1.14 bits per heavy atom. The van der Waals surface area contributed by atoms with E-state index >= 15 is 0 Å². The summed E-state index contributed by atoms with van der Waals surface area (Å²) >= 11 is 11.7. The van der Waals surface area contributed by atoms with Crippen LogP contribution in [0.1, 0.15) is 0 Å². The molecule has 1 amide bonds. The van der Waals surface area contributed by atoms with Gasteiger partial charge in [0.2, 0.25) is 5.91 Å². The van der Waals surface area contributed by atoms with Crippen molar-refractivity contribution in [1.29, 1.82) is 0 Å². The van der Waals surface area contributed by atoms with Crippen molar-refractivity contribution in [2.24, 2.45) is 0 Å². The highest BCUT2D eigenvalue weighted by atomic mass is 35.5. The minimum absolute atomic E-state index is 0.245. The van der Waals surface area contributed by atoms with Gasteiger partial charge >= 0.3 is 0 Å². The maximum Gasteiger partial charge on any atom is 0.237 e. The second-order valence-electron chi connectivity index (χ2n) is 4.12. The first kappa shape index (κ1) is 15.9. The van der Waals surface area contributed by atoms with E-state index in [2.05, 4.69) is 5.32 Å². The standard InChI is InChI=1S/C14H10Cl2FNO2S/c15-9-1-6-13(12(16)7-9)18-14(19)8-21(20)11-4-2-10(17)3-5-11/h1-7H,8H2,(H,18,19). The van der Waals surface area contributed by atoms with Crippen LogP contribution in [0.15, 0.2) is 47.4 Å². The molecule has 0 spiro atoms. The highest BCUT2D eigenvalue weighted by molar-refractivity contribution is 7.85. The first-order chi connectivity index (χ1) is 9.95. The number of rotatable bonds is 4. The number of carbonyl (C=O) groups excluding carboxylic acids is 1. The molecule has 0 aliphatic rings. The molecule has 0 aromatic heterocycles. The quantitative estimate of drug-likeness (QED) is 0.913. The largest absolute Gasteiger partial charge is 0.324 e. The van der Waals surface area contributed by atoms with Crippen molar-refractivity contribution in [3.63, 3.8) is 0 Å². The number of hydrogen-bond donors (Lipinski definition) is 1. The summed E-state index contributed by atoms with van der Waals surface area (Å²) in [6.45, 7) is 0. The summed E-state index contributed by atoms with van der Waals surface area (Å²) in [6, 6.07) is 9.80. The van der Waals surface area contributed by atoms with Gasteiger partial charge in [0.15, 0.2) is 0 Å². The molecule has 0 saturated carbocycles. The zero-order chi connectivity index (χ0) is 15.4. The van der Waals surface area contributed by atoms with Crippen molar-refractivity contribution < 1.29 is 13.4 Å². The second-order valence-corrected chi connectivity index (χ2v) is 6.41. The van der Waals surface area contributed by atoms with Crippen LogP contribution in [-0.2, 0) is 15.6 Å². The van der Waals surface area contributed by atoms with Crippen LogP contribution in [0, 0.1) is 5.82 Å².